The molecule has 0 aromatic heterocycles. The summed E-state index contributed by atoms with van der Waals surface area (Å²) in [5.74, 6) is -20.4. The molecule has 348 valence electrons. The lowest BCUT2D eigenvalue weighted by atomic mass is 9.85. The zero-order valence-corrected chi connectivity index (χ0v) is 33.2. The van der Waals surface area contributed by atoms with Crippen LogP contribution in [0, 0.1) is 69.8 Å². The van der Waals surface area contributed by atoms with Crippen molar-refractivity contribution in [1.29, 1.82) is 0 Å². The number of hydrogen-bond acceptors (Lipinski definition) is 0. The second kappa shape index (κ2) is 25.9. The summed E-state index contributed by atoms with van der Waals surface area (Å²) in [6, 6.07) is 35.9. The Kier molecular flexibility index (Phi) is 21.2. The standard InChI is InChI=1S/C19H16.4C6H2BF5/c1-4-10-16(11-5-1)19(17-12-6-2-7-13-17)18-14-8-3-9-15-18;4*8-4-2-1-3(7(11)12)5(9)6(4)10/h1-15,19H;4*1-2H. The minimum Gasteiger partial charge on any atom is -0.281 e. The first-order valence-electron chi connectivity index (χ1n) is 18.4. The molecule has 7 aromatic rings. The summed E-state index contributed by atoms with van der Waals surface area (Å²) >= 11 is 0. The first-order chi connectivity index (χ1) is 31.6. The van der Waals surface area contributed by atoms with Crippen molar-refractivity contribution in [3.05, 3.63) is 226 Å². The van der Waals surface area contributed by atoms with E-state index in [0.29, 0.717) is 54.4 Å². The Bertz CT molecular complexity index is 2300. The molecule has 0 spiro atoms. The van der Waals surface area contributed by atoms with E-state index in [1.54, 1.807) is 0 Å². The van der Waals surface area contributed by atoms with Crippen molar-refractivity contribution in [2.45, 2.75) is 5.92 Å². The van der Waals surface area contributed by atoms with Crippen molar-refractivity contribution in [2.24, 2.45) is 0 Å². The van der Waals surface area contributed by atoms with E-state index in [-0.39, 0.29) is 0 Å². The van der Waals surface area contributed by atoms with Gasteiger partial charge in [-0.1, -0.05) is 115 Å². The molecule has 0 aliphatic heterocycles. The van der Waals surface area contributed by atoms with Gasteiger partial charge >= 0.3 is 29.1 Å². The van der Waals surface area contributed by atoms with Crippen LogP contribution in [0.1, 0.15) is 22.6 Å². The van der Waals surface area contributed by atoms with Gasteiger partial charge in [0.1, 0.15) is 0 Å². The zero-order chi connectivity index (χ0) is 50.1. The van der Waals surface area contributed by atoms with Crippen LogP contribution >= 0.6 is 0 Å². The summed E-state index contributed by atoms with van der Waals surface area (Å²) in [5, 5.41) is 0. The number of rotatable bonds is 7. The van der Waals surface area contributed by atoms with Gasteiger partial charge in [0, 0.05) is 27.8 Å². The van der Waals surface area contributed by atoms with Crippen LogP contribution in [0.25, 0.3) is 0 Å². The molecule has 67 heavy (non-hydrogen) atoms. The third-order valence-corrected chi connectivity index (χ3v) is 8.60. The molecule has 0 saturated carbocycles. The van der Waals surface area contributed by atoms with E-state index < -0.39 is 121 Å². The van der Waals surface area contributed by atoms with Crippen LogP contribution < -0.4 is 21.9 Å². The summed E-state index contributed by atoms with van der Waals surface area (Å²) < 4.78 is 242. The first-order valence-corrected chi connectivity index (χ1v) is 18.4. The maximum Gasteiger partial charge on any atom is 0.575 e. The summed E-state index contributed by atoms with van der Waals surface area (Å²) in [4.78, 5) is 0. The highest BCUT2D eigenvalue weighted by Crippen LogP contribution is 2.31. The van der Waals surface area contributed by atoms with Gasteiger partial charge in [-0.2, -0.15) is 0 Å². The molecule has 0 nitrogen and oxygen atoms in total. The van der Waals surface area contributed by atoms with Crippen LogP contribution in [0.3, 0.4) is 0 Å². The number of hydrogen-bond donors (Lipinski definition) is 0. The van der Waals surface area contributed by atoms with Crippen LogP contribution in [0.5, 0.6) is 0 Å². The monoisotopic (exact) mass is 964 g/mol. The molecule has 0 aliphatic carbocycles. The molecule has 0 fully saturated rings. The molecule has 0 aliphatic rings. The molecule has 7 aromatic carbocycles. The Morgan fingerprint density at radius 1 is 0.224 bits per heavy atom. The summed E-state index contributed by atoms with van der Waals surface area (Å²) in [6.07, 6.45) is 0. The van der Waals surface area contributed by atoms with Crippen molar-refractivity contribution in [3.8, 4) is 0 Å². The Morgan fingerprint density at radius 2 is 0.403 bits per heavy atom. The second-order valence-electron chi connectivity index (χ2n) is 12.9. The molecule has 0 radical (unpaired) electrons. The third-order valence-electron chi connectivity index (χ3n) is 8.60. The highest BCUT2D eigenvalue weighted by atomic mass is 19.3. The van der Waals surface area contributed by atoms with Gasteiger partial charge < -0.3 is 0 Å². The number of halogens is 20. The number of benzene rings is 7. The van der Waals surface area contributed by atoms with Crippen molar-refractivity contribution in [1.82, 2.24) is 0 Å². The fraction of sp³-hybridized carbons (Fsp3) is 0.0233. The lowest BCUT2D eigenvalue weighted by molar-refractivity contribution is 0.449. The molecule has 0 atom stereocenters. The van der Waals surface area contributed by atoms with Gasteiger partial charge in [-0.05, 0) is 41.0 Å². The Balaban J connectivity index is 0.000000226. The average molecular weight is 964 g/mol. The van der Waals surface area contributed by atoms with Gasteiger partial charge in [0.2, 0.25) is 0 Å². The summed E-state index contributed by atoms with van der Waals surface area (Å²) in [7, 11) is -12.6. The predicted octanol–water partition coefficient (Wildman–Crippen LogP) is 11.8. The second-order valence-corrected chi connectivity index (χ2v) is 12.9. The fourth-order valence-corrected chi connectivity index (χ4v) is 5.35. The topological polar surface area (TPSA) is 0 Å². The van der Waals surface area contributed by atoms with E-state index in [1.165, 1.54) is 16.7 Å². The Morgan fingerprint density at radius 3 is 0.567 bits per heavy atom. The zero-order valence-electron chi connectivity index (χ0n) is 33.2. The highest BCUT2D eigenvalue weighted by molar-refractivity contribution is 6.61. The van der Waals surface area contributed by atoms with Crippen LogP contribution in [0.2, 0.25) is 0 Å². The van der Waals surface area contributed by atoms with Crippen LogP contribution in [0.4, 0.5) is 87.2 Å². The van der Waals surface area contributed by atoms with Gasteiger partial charge in [-0.15, -0.1) is 0 Å². The molecule has 0 saturated heterocycles. The molecule has 0 N–H and O–H groups in total. The molecule has 0 bridgehead atoms. The van der Waals surface area contributed by atoms with E-state index >= 15 is 0 Å². The minimum atomic E-state index is -3.14. The summed E-state index contributed by atoms with van der Waals surface area (Å²) in [5.41, 5.74) is -0.523. The average Bonchev–Trinajstić information content (AvgIpc) is 3.30. The van der Waals surface area contributed by atoms with E-state index in [1.807, 2.05) is 0 Å². The van der Waals surface area contributed by atoms with E-state index in [9.17, 15) is 87.2 Å². The SMILES string of the molecule is FB(F)c1ccc(F)c(F)c1F.FB(F)c1ccc(F)c(F)c1F.FB(F)c1ccc(F)c(F)c1F.FB(F)c1ccc(F)c(F)c1F.c1ccc(C(c2ccccc2)c2ccccc2)cc1. The normalized spacial score (nSPS) is 10.2. The highest BCUT2D eigenvalue weighted by Gasteiger charge is 2.28. The predicted molar refractivity (Wildman–Crippen MR) is 216 cm³/mol. The molecule has 7 rings (SSSR count). The summed E-state index contributed by atoms with van der Waals surface area (Å²) in [6.45, 7) is 0. The van der Waals surface area contributed by atoms with Crippen molar-refractivity contribution < 1.29 is 87.2 Å². The molecular formula is C43H24B4F20. The lowest BCUT2D eigenvalue weighted by Crippen LogP contribution is -2.25. The largest absolute Gasteiger partial charge is 0.575 e. The first kappa shape index (κ1) is 54.7. The minimum absolute atomic E-state index is 0.309. The molecule has 0 heterocycles. The Labute approximate surface area is 369 Å². The molecule has 24 heteroatoms. The van der Waals surface area contributed by atoms with Gasteiger partial charge in [-0.25, -0.2) is 52.7 Å². The lowest BCUT2D eigenvalue weighted by Gasteiger charge is -2.18. The third kappa shape index (κ3) is 15.2. The van der Waals surface area contributed by atoms with Crippen LogP contribution in [0.15, 0.2) is 140 Å². The van der Waals surface area contributed by atoms with E-state index in [4.69, 9.17) is 0 Å². The Hall–Kier alpha value is -6.60. The van der Waals surface area contributed by atoms with Crippen molar-refractivity contribution >= 4 is 50.9 Å². The fourth-order valence-electron chi connectivity index (χ4n) is 5.35. The van der Waals surface area contributed by atoms with Gasteiger partial charge in [0.15, 0.2) is 69.8 Å². The maximum absolute atomic E-state index is 12.4. The maximum atomic E-state index is 12.4. The van der Waals surface area contributed by atoms with E-state index in [2.05, 4.69) is 91.0 Å². The van der Waals surface area contributed by atoms with E-state index in [0.717, 1.165) is 0 Å². The van der Waals surface area contributed by atoms with Gasteiger partial charge in [0.25, 0.3) is 0 Å². The smallest absolute Gasteiger partial charge is 0.281 e. The quantitative estimate of drug-likeness (QED) is 0.0646. The van der Waals surface area contributed by atoms with Crippen LogP contribution in [-0.2, 0) is 0 Å². The van der Waals surface area contributed by atoms with Gasteiger partial charge in [-0.3, -0.25) is 34.5 Å². The van der Waals surface area contributed by atoms with Crippen molar-refractivity contribution in [2.75, 3.05) is 0 Å². The van der Waals surface area contributed by atoms with Crippen molar-refractivity contribution in [3.63, 3.8) is 0 Å². The molecule has 0 unspecified atom stereocenters. The molecular weight excluding hydrogens is 940 g/mol. The van der Waals surface area contributed by atoms with Crippen LogP contribution in [-0.4, -0.2) is 29.1 Å². The molecule has 0 amide bonds. The van der Waals surface area contributed by atoms with Gasteiger partial charge in [0.05, 0.1) is 0 Å².